The van der Waals surface area contributed by atoms with Crippen molar-refractivity contribution in [3.63, 3.8) is 0 Å². The predicted octanol–water partition coefficient (Wildman–Crippen LogP) is -0.693. The molecule has 1 aliphatic carbocycles. The van der Waals surface area contributed by atoms with Crippen LogP contribution in [-0.2, 0) is 38.2 Å². The van der Waals surface area contributed by atoms with Crippen molar-refractivity contribution in [2.75, 3.05) is 33.9 Å². The molecular formula is C16H23NO9. The van der Waals surface area contributed by atoms with Crippen LogP contribution in [0.5, 0.6) is 0 Å². The number of esters is 3. The minimum absolute atomic E-state index is 0.420. The number of hydrogen-bond acceptors (Lipinski definition) is 8. The zero-order chi connectivity index (χ0) is 20.0. The Bertz CT molecular complexity index is 584. The highest BCUT2D eigenvalue weighted by molar-refractivity contribution is 5.97. The van der Waals surface area contributed by atoms with E-state index >= 15 is 0 Å². The number of carbonyl (C=O) groups is 5. The Balaban J connectivity index is 2.96. The van der Waals surface area contributed by atoms with Crippen molar-refractivity contribution in [3.8, 4) is 0 Å². The van der Waals surface area contributed by atoms with Gasteiger partial charge in [-0.05, 0) is 13.8 Å². The van der Waals surface area contributed by atoms with E-state index in [0.29, 0.717) is 13.1 Å². The molecule has 1 aliphatic rings. The summed E-state index contributed by atoms with van der Waals surface area (Å²) in [6.45, 7) is 3.76. The fourth-order valence-electron chi connectivity index (χ4n) is 3.10. The first kappa shape index (κ1) is 21.4. The molecule has 0 heterocycles. The molecule has 0 aromatic rings. The maximum absolute atomic E-state index is 12.3. The highest BCUT2D eigenvalue weighted by Crippen LogP contribution is 2.48. The van der Waals surface area contributed by atoms with Crippen LogP contribution < -0.4 is 0 Å². The van der Waals surface area contributed by atoms with E-state index in [2.05, 4.69) is 9.47 Å². The molecule has 26 heavy (non-hydrogen) atoms. The van der Waals surface area contributed by atoms with Crippen LogP contribution in [-0.4, -0.2) is 73.7 Å². The molecule has 146 valence electrons. The zero-order valence-electron chi connectivity index (χ0n) is 15.1. The summed E-state index contributed by atoms with van der Waals surface area (Å²) >= 11 is 0. The molecule has 1 N–H and O–H groups in total. The summed E-state index contributed by atoms with van der Waals surface area (Å²) in [4.78, 5) is 60.9. The maximum Gasteiger partial charge on any atom is 0.311 e. The Hall–Kier alpha value is -2.65. The lowest BCUT2D eigenvalue weighted by Crippen LogP contribution is -2.60. The third-order valence-corrected chi connectivity index (χ3v) is 4.51. The third kappa shape index (κ3) is 4.12. The van der Waals surface area contributed by atoms with E-state index in [1.807, 2.05) is 0 Å². The summed E-state index contributed by atoms with van der Waals surface area (Å²) in [6, 6.07) is 0. The molecule has 4 atom stereocenters. The summed E-state index contributed by atoms with van der Waals surface area (Å²) in [5, 5.41) is 9.34. The summed E-state index contributed by atoms with van der Waals surface area (Å²) in [7, 11) is 2.10. The van der Waals surface area contributed by atoms with E-state index in [4.69, 9.17) is 4.74 Å². The number of nitrogens with zero attached hydrogens (tertiary/aromatic N) is 1. The maximum atomic E-state index is 12.3. The molecule has 1 rings (SSSR count). The SMILES string of the molecule is CCN(CC)C(=O)COC(=O)C1C(C(=O)O)C(C(=O)OC)C1C(=O)OC. The van der Waals surface area contributed by atoms with E-state index in [0.717, 1.165) is 14.2 Å². The number of methoxy groups -OCH3 is 2. The molecule has 0 aromatic heterocycles. The Morgan fingerprint density at radius 1 is 0.808 bits per heavy atom. The van der Waals surface area contributed by atoms with Crippen molar-refractivity contribution in [2.45, 2.75) is 13.8 Å². The molecule has 0 radical (unpaired) electrons. The van der Waals surface area contributed by atoms with Crippen LogP contribution >= 0.6 is 0 Å². The number of likely N-dealkylation sites (N-methyl/N-ethyl adjacent to an activating group) is 1. The highest BCUT2D eigenvalue weighted by Gasteiger charge is 2.65. The number of ether oxygens (including phenoxy) is 3. The number of carboxylic acids is 1. The van der Waals surface area contributed by atoms with Gasteiger partial charge in [0.05, 0.1) is 37.9 Å². The highest BCUT2D eigenvalue weighted by atomic mass is 16.5. The predicted molar refractivity (Wildman–Crippen MR) is 84.5 cm³/mol. The molecule has 0 spiro atoms. The Kier molecular flexibility index (Phi) is 7.54. The molecule has 1 saturated carbocycles. The fraction of sp³-hybridized carbons (Fsp3) is 0.688. The van der Waals surface area contributed by atoms with Crippen LogP contribution in [0, 0.1) is 23.7 Å². The first-order chi connectivity index (χ1) is 12.2. The van der Waals surface area contributed by atoms with Crippen molar-refractivity contribution < 1.29 is 43.3 Å². The van der Waals surface area contributed by atoms with Gasteiger partial charge in [0.2, 0.25) is 0 Å². The minimum atomic E-state index is -1.50. The molecular weight excluding hydrogens is 350 g/mol. The lowest BCUT2D eigenvalue weighted by Gasteiger charge is -2.44. The van der Waals surface area contributed by atoms with E-state index in [1.165, 1.54) is 4.90 Å². The van der Waals surface area contributed by atoms with Gasteiger partial charge in [-0.1, -0.05) is 0 Å². The van der Waals surface area contributed by atoms with E-state index in [9.17, 15) is 29.1 Å². The van der Waals surface area contributed by atoms with Crippen LogP contribution in [0.3, 0.4) is 0 Å². The van der Waals surface area contributed by atoms with Crippen LogP contribution in [0.25, 0.3) is 0 Å². The van der Waals surface area contributed by atoms with Gasteiger partial charge < -0.3 is 24.2 Å². The van der Waals surface area contributed by atoms with Crippen LogP contribution in [0.2, 0.25) is 0 Å². The molecule has 0 aliphatic heterocycles. The summed E-state index contributed by atoms with van der Waals surface area (Å²) in [5.41, 5.74) is 0. The number of aliphatic carboxylic acids is 1. The van der Waals surface area contributed by atoms with Gasteiger partial charge >= 0.3 is 23.9 Å². The lowest BCUT2D eigenvalue weighted by molar-refractivity contribution is -0.196. The number of rotatable bonds is 8. The molecule has 0 bridgehead atoms. The second kappa shape index (κ2) is 9.16. The topological polar surface area (TPSA) is 137 Å². The van der Waals surface area contributed by atoms with Gasteiger partial charge in [0.15, 0.2) is 6.61 Å². The Morgan fingerprint density at radius 2 is 1.23 bits per heavy atom. The quantitative estimate of drug-likeness (QED) is 0.433. The van der Waals surface area contributed by atoms with Gasteiger partial charge in [0.25, 0.3) is 5.91 Å². The third-order valence-electron chi connectivity index (χ3n) is 4.51. The van der Waals surface area contributed by atoms with Crippen molar-refractivity contribution in [2.24, 2.45) is 23.7 Å². The normalized spacial score (nSPS) is 24.0. The van der Waals surface area contributed by atoms with Gasteiger partial charge in [0.1, 0.15) is 0 Å². The number of amides is 1. The molecule has 1 amide bonds. The van der Waals surface area contributed by atoms with Crippen LogP contribution in [0.1, 0.15) is 13.8 Å². The zero-order valence-corrected chi connectivity index (χ0v) is 15.1. The fourth-order valence-corrected chi connectivity index (χ4v) is 3.10. The molecule has 0 saturated heterocycles. The van der Waals surface area contributed by atoms with Gasteiger partial charge in [-0.2, -0.15) is 0 Å². The summed E-state index contributed by atoms with van der Waals surface area (Å²) in [5.74, 6) is -10.4. The van der Waals surface area contributed by atoms with Gasteiger partial charge in [-0.15, -0.1) is 0 Å². The lowest BCUT2D eigenvalue weighted by atomic mass is 9.56. The Labute approximate surface area is 150 Å². The van der Waals surface area contributed by atoms with Crippen LogP contribution in [0.15, 0.2) is 0 Å². The molecule has 1 fully saturated rings. The first-order valence-electron chi connectivity index (χ1n) is 8.07. The largest absolute Gasteiger partial charge is 0.481 e. The standard InChI is InChI=1S/C16H23NO9/c1-5-17(6-2)8(18)7-26-16(23)11-9(13(19)20)10(14(21)24-3)12(11)15(22)25-4/h9-12H,5-7H2,1-4H3,(H,19,20). The molecule has 10 nitrogen and oxygen atoms in total. The molecule has 4 unspecified atom stereocenters. The Morgan fingerprint density at radius 3 is 1.62 bits per heavy atom. The van der Waals surface area contributed by atoms with Crippen molar-refractivity contribution in [1.82, 2.24) is 4.90 Å². The second-order valence-electron chi connectivity index (χ2n) is 5.66. The average Bonchev–Trinajstić information content (AvgIpc) is 2.59. The number of carboxylic acid groups (broad SMARTS) is 1. The van der Waals surface area contributed by atoms with E-state index in [1.54, 1.807) is 13.8 Å². The second-order valence-corrected chi connectivity index (χ2v) is 5.66. The smallest absolute Gasteiger partial charge is 0.311 e. The van der Waals surface area contributed by atoms with Crippen molar-refractivity contribution >= 4 is 29.8 Å². The van der Waals surface area contributed by atoms with Crippen molar-refractivity contribution in [1.29, 1.82) is 0 Å². The monoisotopic (exact) mass is 373 g/mol. The minimum Gasteiger partial charge on any atom is -0.481 e. The van der Waals surface area contributed by atoms with E-state index in [-0.39, 0.29) is 0 Å². The first-order valence-corrected chi connectivity index (χ1v) is 8.07. The van der Waals surface area contributed by atoms with Crippen molar-refractivity contribution in [3.05, 3.63) is 0 Å². The summed E-state index contributed by atoms with van der Waals surface area (Å²) < 4.78 is 14.0. The van der Waals surface area contributed by atoms with Gasteiger partial charge in [-0.25, -0.2) is 0 Å². The summed E-state index contributed by atoms with van der Waals surface area (Å²) in [6.07, 6.45) is 0. The molecule has 10 heteroatoms. The number of carbonyl (C=O) groups excluding carboxylic acids is 4. The van der Waals surface area contributed by atoms with Gasteiger partial charge in [-0.3, -0.25) is 24.0 Å². The van der Waals surface area contributed by atoms with E-state index < -0.39 is 60.1 Å². The van der Waals surface area contributed by atoms with Crippen LogP contribution in [0.4, 0.5) is 0 Å². The number of hydrogen-bond donors (Lipinski definition) is 1. The average molecular weight is 373 g/mol. The van der Waals surface area contributed by atoms with Gasteiger partial charge in [0, 0.05) is 13.1 Å². The molecule has 0 aromatic carbocycles.